The van der Waals surface area contributed by atoms with Crippen LogP contribution >= 0.6 is 0 Å². The number of rotatable bonds is 4. The van der Waals surface area contributed by atoms with E-state index >= 15 is 0 Å². The van der Waals surface area contributed by atoms with Gasteiger partial charge >= 0.3 is 36.9 Å². The molecule has 678 valence electrons. The maximum absolute atomic E-state index is 9.71. The van der Waals surface area contributed by atoms with Crippen LogP contribution in [0.1, 0.15) is 1.43 Å². The third-order valence-corrected chi connectivity index (χ3v) is 13.5. The van der Waals surface area contributed by atoms with E-state index in [-0.39, 0.29) is 141 Å². The number of aliphatic imine (C=N–C) groups is 1. The molecule has 0 aromatic carbocycles. The van der Waals surface area contributed by atoms with Crippen molar-refractivity contribution in [1.29, 1.82) is 43.3 Å². The van der Waals surface area contributed by atoms with Crippen molar-refractivity contribution < 1.29 is 64.6 Å². The van der Waals surface area contributed by atoms with E-state index in [9.17, 15) is 5.11 Å². The molecular formula is C37H62N92NaO-. The summed E-state index contributed by atoms with van der Waals surface area (Å²) in [6, 6.07) is -0.838. The number of quaternary nitrogens is 5. The molecule has 131 heavy (non-hydrogen) atoms. The third kappa shape index (κ3) is 22.4. The van der Waals surface area contributed by atoms with E-state index in [0.717, 1.165) is 0 Å². The number of hydrazine groups is 2. The number of hydrogen-bond acceptors (Lipinski definition) is 68. The number of guanidine groups is 1. The van der Waals surface area contributed by atoms with Crippen LogP contribution in [0.3, 0.4) is 0 Å². The van der Waals surface area contributed by atoms with Gasteiger partial charge in [-0.1, -0.05) is 0 Å². The van der Waals surface area contributed by atoms with Gasteiger partial charge < -0.3 is 141 Å². The molecule has 0 spiro atoms. The molecule has 8 aliphatic rings. The molecule has 94 heteroatoms. The van der Waals surface area contributed by atoms with Crippen LogP contribution in [0.25, 0.3) is 89.6 Å². The summed E-state index contributed by atoms with van der Waals surface area (Å²) in [5.41, 5.74) is 85.9. The molecule has 0 saturated carbocycles. The molecule has 24 rings (SSSR count). The molecule has 0 radical (unpaired) electrons. The second-order valence-corrected chi connectivity index (χ2v) is 21.2. The van der Waals surface area contributed by atoms with Crippen molar-refractivity contribution in [2.45, 2.75) is 12.6 Å². The Labute approximate surface area is 733 Å². The number of nitrogens with zero attached hydrogens (tertiary/aromatic N) is 57. The predicted octanol–water partition coefficient (Wildman–Crippen LogP) is -28.5. The van der Waals surface area contributed by atoms with E-state index in [1.54, 1.807) is 0 Å². The van der Waals surface area contributed by atoms with Gasteiger partial charge in [0, 0.05) is 6.02 Å². The maximum atomic E-state index is 9.71. The van der Waals surface area contributed by atoms with E-state index in [4.69, 9.17) is 66.2 Å². The van der Waals surface area contributed by atoms with Crippen molar-refractivity contribution in [3.8, 4) is 0 Å². The maximum Gasteiger partial charge on any atom is 1.00 e. The van der Waals surface area contributed by atoms with Gasteiger partial charge in [-0.05, 0) is 48.8 Å². The number of nitrogens with one attached hydrogen (secondary N) is 20. The van der Waals surface area contributed by atoms with Crippen LogP contribution in [0.4, 0.5) is 95.2 Å². The van der Waals surface area contributed by atoms with Crippen LogP contribution < -0.4 is 232 Å². The van der Waals surface area contributed by atoms with E-state index in [1.807, 2.05) is 5.10 Å². The Morgan fingerprint density at radius 3 is 0.565 bits per heavy atom. The fraction of sp³-hybridized carbons (Fsp3) is 0.0811. The van der Waals surface area contributed by atoms with Gasteiger partial charge in [-0.3, -0.25) is 156 Å². The molecule has 56 N–H and O–H groups in total. The zero-order chi connectivity index (χ0) is 92.5. The molecule has 0 saturated heterocycles. The van der Waals surface area contributed by atoms with E-state index in [1.165, 1.54) is 42.3 Å². The summed E-state index contributed by atoms with van der Waals surface area (Å²) in [5.74, 6) is 37.6. The monoisotopic (exact) mass is 1830 g/mol. The number of aromatic nitrogens is 48. The summed E-state index contributed by atoms with van der Waals surface area (Å²) in [4.78, 5) is 62.9. The van der Waals surface area contributed by atoms with E-state index < -0.39 is 12.3 Å². The molecule has 93 nitrogen and oxygen atoms in total. The van der Waals surface area contributed by atoms with Crippen LogP contribution in [0.15, 0.2) is 4.99 Å². The molecule has 16 aromatic heterocycles. The number of amidine groups is 1. The molecular weight excluding hydrogens is 1770 g/mol. The average molecular weight is 1830 g/mol. The summed E-state index contributed by atoms with van der Waals surface area (Å²) in [6.45, 7) is 0. The van der Waals surface area contributed by atoms with Crippen LogP contribution in [0.2, 0.25) is 0 Å². The molecule has 0 aliphatic carbocycles. The number of hydrazone groups is 1. The minimum Gasteiger partial charge on any atom is -0.846 e. The van der Waals surface area contributed by atoms with Crippen molar-refractivity contribution in [2.75, 3.05) is 50.5 Å². The summed E-state index contributed by atoms with van der Waals surface area (Å²) in [5, 5.41) is 155. The first-order chi connectivity index (χ1) is 62.5. The number of hydrogen-bond donors (Lipinski definition) is 35. The minimum atomic E-state index is -0.975. The zero-order valence-corrected chi connectivity index (χ0v) is 67.7. The van der Waals surface area contributed by atoms with Gasteiger partial charge in [0.25, 0.3) is 0 Å². The average Bonchev–Trinajstić information content (AvgIpc) is 1.60. The Bertz CT molecular complexity index is 6060. The third-order valence-electron chi connectivity index (χ3n) is 13.5. The normalized spacial score (nSPS) is 11.6. The predicted molar refractivity (Wildman–Crippen MR) is 408 cm³/mol. The van der Waals surface area contributed by atoms with Gasteiger partial charge in [-0.25, -0.2) is 39.9 Å². The smallest absolute Gasteiger partial charge is 0.846 e. The van der Waals surface area contributed by atoms with Gasteiger partial charge in [-0.15, -0.1) is 97.9 Å². The molecule has 0 bridgehead atoms. The Balaban J connectivity index is 0.000000179. The Morgan fingerprint density at radius 1 is 0.336 bits per heavy atom. The number of nitrogens with two attached hydrogens (primary N) is 10. The first kappa shape index (κ1) is 95.1. The quantitative estimate of drug-likeness (QED) is 0.0194. The van der Waals surface area contributed by atoms with Gasteiger partial charge in [0.05, 0.1) is 47.6 Å². The Hall–Kier alpha value is -19.8. The molecule has 0 unspecified atom stereocenters. The topological polar surface area (TPSA) is 1440 Å². The fourth-order valence-corrected chi connectivity index (χ4v) is 8.82. The second kappa shape index (κ2) is 43.8. The van der Waals surface area contributed by atoms with Crippen molar-refractivity contribution in [2.24, 2.45) is 62.8 Å². The van der Waals surface area contributed by atoms with Crippen molar-refractivity contribution in [3.05, 3.63) is 88.4 Å². The van der Waals surface area contributed by atoms with Crippen molar-refractivity contribution >= 4 is 153 Å². The molecule has 0 amide bonds. The van der Waals surface area contributed by atoms with Gasteiger partial charge in [-0.2, -0.15) is 10.9 Å². The SMILES string of the molecule is CN.N=c1nc2n3c(nnnc3n1)N[N-]2.N=c1nc2n3c(nnnc3n1)N[N-]2.N=c1nc2n3c(nnnc3n1)N[N-]2.N=c1nc2n3c(nnnc3n1)N[N-]2.N=c1nc2n3c(nnnc3n1)N[N-]2.N=c1nc2n3c(nnnc3n1)N[N-]2.N=c1nc2n3c(nnnc3n1)N[N-]2.N=c1nc2n3c(nnnc3n1)N[N-]2.NC([O-])=NC(N)N.NN.N[NH+]=C(N)N.N[NH3+].[H+].[NH3+]NC(N[NH3+])N[NH3+].[NH4+].[Na+]. The summed E-state index contributed by atoms with van der Waals surface area (Å²) in [7, 11) is 1.50. The molecule has 16 aromatic rings. The second-order valence-electron chi connectivity index (χ2n) is 21.2. The zero-order valence-electron chi connectivity index (χ0n) is 66.7. The largest absolute Gasteiger partial charge is 1.00 e. The van der Waals surface area contributed by atoms with Crippen LogP contribution in [0, 0.1) is 43.3 Å². The van der Waals surface area contributed by atoms with Crippen LogP contribution in [-0.2, 0) is 0 Å². The Kier molecular flexibility index (Phi) is 31.8. The molecule has 0 fully saturated rings. The van der Waals surface area contributed by atoms with Crippen LogP contribution in [0.5, 0.6) is 0 Å². The standard InChI is InChI=1S/8C4H2N9.C2H8N4O.CH10N6.CH6N4.CH5N.2H4N2.H3N.Na/c8*5-1-6-2-8-9-4-11-12-10-3(7-1)13(2)4;3-1(4)6-2(5)7;2-5-1(6-3)7-4;2-1(3)5-4;3*1-2;;/h8*(H2-,5,6,7,8,9,10,11);1H,3-4H2,(H3,5,6,7);1,5-7H,2-4H2;4H2,(H4,2,3,5);2H2,1H3;2*1-2H2;1H3;/q8*-1;;;;;;;;+1/p+6. The summed E-state index contributed by atoms with van der Waals surface area (Å²) >= 11 is 0. The summed E-state index contributed by atoms with van der Waals surface area (Å²) in [6.07, 6.45) is -1.07. The van der Waals surface area contributed by atoms with E-state index in [2.05, 4.69) is 369 Å². The van der Waals surface area contributed by atoms with Crippen molar-refractivity contribution in [1.82, 2.24) is 261 Å². The van der Waals surface area contributed by atoms with Crippen molar-refractivity contribution in [3.63, 3.8) is 0 Å². The van der Waals surface area contributed by atoms with E-state index in [0.29, 0.717) is 95.2 Å². The Morgan fingerprint density at radius 2 is 0.473 bits per heavy atom. The number of anilines is 8. The summed E-state index contributed by atoms with van der Waals surface area (Å²) < 4.78 is 11.8. The first-order valence-corrected chi connectivity index (χ1v) is 32.9. The molecule has 0 atom stereocenters. The molecule has 24 heterocycles. The first-order valence-electron chi connectivity index (χ1n) is 32.9. The van der Waals surface area contributed by atoms with Crippen LogP contribution in [-0.4, -0.2) is 270 Å². The van der Waals surface area contributed by atoms with Gasteiger partial charge in [0.15, 0.2) is 92.5 Å². The van der Waals surface area contributed by atoms with Gasteiger partial charge in [0.2, 0.25) is 52.5 Å². The van der Waals surface area contributed by atoms with Gasteiger partial charge in [0.1, 0.15) is 6.29 Å². The minimum absolute atomic E-state index is 0. The fourth-order valence-electron chi connectivity index (χ4n) is 8.82. The molecule has 8 aliphatic heterocycles.